The van der Waals surface area contributed by atoms with Crippen molar-refractivity contribution in [2.75, 3.05) is 17.2 Å². The van der Waals surface area contributed by atoms with Crippen molar-refractivity contribution in [1.29, 1.82) is 0 Å². The number of amides is 1. The van der Waals surface area contributed by atoms with Crippen LogP contribution in [0, 0.1) is 12.8 Å². The maximum absolute atomic E-state index is 12.0. The number of sulfonamides is 1. The van der Waals surface area contributed by atoms with Gasteiger partial charge in [0.2, 0.25) is 15.9 Å². The van der Waals surface area contributed by atoms with Crippen LogP contribution in [-0.2, 0) is 14.8 Å². The van der Waals surface area contributed by atoms with Crippen LogP contribution < -0.4 is 10.0 Å². The first-order valence-corrected chi connectivity index (χ1v) is 8.41. The van der Waals surface area contributed by atoms with Gasteiger partial charge in [0.05, 0.1) is 15.8 Å². The zero-order valence-corrected chi connectivity index (χ0v) is 13.1. The number of hydrogen-bond donors (Lipinski definition) is 1. The van der Waals surface area contributed by atoms with Crippen LogP contribution in [0.5, 0.6) is 0 Å². The minimum Gasteiger partial charge on any atom is -0.312 e. The number of primary sulfonamides is 1. The largest absolute Gasteiger partial charge is 0.312 e. The number of aryl methyl sites for hydroxylation is 1. The van der Waals surface area contributed by atoms with Gasteiger partial charge in [0, 0.05) is 24.6 Å². The lowest BCUT2D eigenvalue weighted by Crippen LogP contribution is -2.28. The molecule has 1 aromatic rings. The summed E-state index contributed by atoms with van der Waals surface area (Å²) >= 11 is 11.9. The van der Waals surface area contributed by atoms with E-state index in [2.05, 4.69) is 0 Å². The minimum absolute atomic E-state index is 0.139. The van der Waals surface area contributed by atoms with E-state index in [4.69, 9.17) is 28.3 Å². The second kappa shape index (κ2) is 5.52. The van der Waals surface area contributed by atoms with Crippen molar-refractivity contribution in [2.24, 2.45) is 11.1 Å². The molecule has 1 atom stereocenters. The first kappa shape index (κ1) is 15.6. The zero-order chi connectivity index (χ0) is 15.1. The molecule has 0 radical (unpaired) electrons. The third kappa shape index (κ3) is 3.44. The normalized spacial score (nSPS) is 19.7. The molecule has 5 nitrogen and oxygen atoms in total. The molecule has 0 aromatic heterocycles. The van der Waals surface area contributed by atoms with Crippen LogP contribution in [0.1, 0.15) is 12.0 Å². The molecule has 0 aliphatic carbocycles. The highest BCUT2D eigenvalue weighted by atomic mass is 35.5. The molecule has 110 valence electrons. The van der Waals surface area contributed by atoms with E-state index in [1.807, 2.05) is 6.92 Å². The van der Waals surface area contributed by atoms with Crippen LogP contribution >= 0.6 is 23.2 Å². The fraction of sp³-hybridized carbons (Fsp3) is 0.417. The molecule has 1 heterocycles. The van der Waals surface area contributed by atoms with Gasteiger partial charge in [-0.2, -0.15) is 0 Å². The van der Waals surface area contributed by atoms with Crippen LogP contribution in [0.25, 0.3) is 0 Å². The van der Waals surface area contributed by atoms with Gasteiger partial charge in [-0.05, 0) is 24.6 Å². The second-order valence-electron chi connectivity index (χ2n) is 4.96. The summed E-state index contributed by atoms with van der Waals surface area (Å²) < 4.78 is 22.2. The minimum atomic E-state index is -3.59. The molecule has 0 bridgehead atoms. The molecule has 2 N–H and O–H groups in total. The van der Waals surface area contributed by atoms with Crippen LogP contribution in [0.3, 0.4) is 0 Å². The highest BCUT2D eigenvalue weighted by molar-refractivity contribution is 7.89. The van der Waals surface area contributed by atoms with Gasteiger partial charge in [-0.15, -0.1) is 0 Å². The van der Waals surface area contributed by atoms with E-state index in [1.165, 1.54) is 4.90 Å². The highest BCUT2D eigenvalue weighted by Gasteiger charge is 2.33. The van der Waals surface area contributed by atoms with Crippen LogP contribution in [0.4, 0.5) is 5.69 Å². The second-order valence-corrected chi connectivity index (χ2v) is 7.43. The summed E-state index contributed by atoms with van der Waals surface area (Å²) in [7, 11) is -3.59. The molecule has 1 fully saturated rings. The van der Waals surface area contributed by atoms with Crippen molar-refractivity contribution in [3.63, 3.8) is 0 Å². The number of nitrogens with two attached hydrogens (primary N) is 1. The Labute approximate surface area is 127 Å². The van der Waals surface area contributed by atoms with Crippen LogP contribution in [0.15, 0.2) is 12.1 Å². The number of anilines is 1. The van der Waals surface area contributed by atoms with Gasteiger partial charge >= 0.3 is 0 Å². The van der Waals surface area contributed by atoms with E-state index < -0.39 is 10.0 Å². The molecule has 8 heteroatoms. The quantitative estimate of drug-likeness (QED) is 0.915. The SMILES string of the molecule is Cc1cc(Cl)c(Cl)cc1N1CC(CS(N)(=O)=O)CC1=O. The van der Waals surface area contributed by atoms with E-state index in [0.29, 0.717) is 22.3 Å². The Kier molecular flexibility index (Phi) is 4.30. The van der Waals surface area contributed by atoms with Gasteiger partial charge < -0.3 is 4.90 Å². The number of rotatable bonds is 3. The predicted octanol–water partition coefficient (Wildman–Crippen LogP) is 1.94. The molecular formula is C12H14Cl2N2O3S. The molecular weight excluding hydrogens is 323 g/mol. The van der Waals surface area contributed by atoms with Gasteiger partial charge in [0.15, 0.2) is 0 Å². The van der Waals surface area contributed by atoms with Crippen molar-refractivity contribution in [2.45, 2.75) is 13.3 Å². The maximum atomic E-state index is 12.0. The lowest BCUT2D eigenvalue weighted by molar-refractivity contribution is -0.117. The number of carbonyl (C=O) groups is 1. The van der Waals surface area contributed by atoms with Crippen LogP contribution in [-0.4, -0.2) is 26.6 Å². The Balaban J connectivity index is 2.26. The number of nitrogens with zero attached hydrogens (tertiary/aromatic N) is 1. The molecule has 1 saturated heterocycles. The van der Waals surface area contributed by atoms with E-state index in [1.54, 1.807) is 12.1 Å². The smallest absolute Gasteiger partial charge is 0.227 e. The van der Waals surface area contributed by atoms with E-state index in [9.17, 15) is 13.2 Å². The Morgan fingerprint density at radius 1 is 1.35 bits per heavy atom. The molecule has 0 saturated carbocycles. The van der Waals surface area contributed by atoms with Crippen molar-refractivity contribution in [3.8, 4) is 0 Å². The van der Waals surface area contributed by atoms with E-state index in [0.717, 1.165) is 5.56 Å². The monoisotopic (exact) mass is 336 g/mol. The summed E-state index contributed by atoms with van der Waals surface area (Å²) in [5.74, 6) is -0.637. The fourth-order valence-electron chi connectivity index (χ4n) is 2.38. The van der Waals surface area contributed by atoms with E-state index in [-0.39, 0.29) is 24.0 Å². The molecule has 2 rings (SSSR count). The molecule has 1 aromatic carbocycles. The third-order valence-corrected chi connectivity index (χ3v) is 4.86. The highest BCUT2D eigenvalue weighted by Crippen LogP contribution is 2.34. The lowest BCUT2D eigenvalue weighted by Gasteiger charge is -2.20. The number of hydrogen-bond acceptors (Lipinski definition) is 3. The Bertz CT molecular complexity index is 661. The first-order valence-electron chi connectivity index (χ1n) is 5.94. The Morgan fingerprint density at radius 2 is 1.95 bits per heavy atom. The summed E-state index contributed by atoms with van der Waals surface area (Å²) in [4.78, 5) is 13.6. The van der Waals surface area contributed by atoms with Crippen LogP contribution in [0.2, 0.25) is 10.0 Å². The summed E-state index contributed by atoms with van der Waals surface area (Å²) in [6.45, 7) is 2.13. The first-order chi connectivity index (χ1) is 9.17. The van der Waals surface area contributed by atoms with E-state index >= 15 is 0 Å². The third-order valence-electron chi connectivity index (χ3n) is 3.20. The predicted molar refractivity (Wildman–Crippen MR) is 79.6 cm³/mol. The van der Waals surface area contributed by atoms with Crippen molar-refractivity contribution in [1.82, 2.24) is 0 Å². The summed E-state index contributed by atoms with van der Waals surface area (Å²) in [5.41, 5.74) is 1.46. The summed E-state index contributed by atoms with van der Waals surface area (Å²) in [6, 6.07) is 3.30. The number of benzene rings is 1. The van der Waals surface area contributed by atoms with Gasteiger partial charge in [-0.25, -0.2) is 13.6 Å². The van der Waals surface area contributed by atoms with Gasteiger partial charge in [-0.3, -0.25) is 4.79 Å². The standard InChI is InChI=1S/C12H14Cl2N2O3S/c1-7-2-9(13)10(14)4-11(7)16-5-8(3-12(16)17)6-20(15,18)19/h2,4,8H,3,5-6H2,1H3,(H2,15,18,19). The molecule has 0 spiro atoms. The average Bonchev–Trinajstić information content (AvgIpc) is 2.62. The van der Waals surface area contributed by atoms with Crippen molar-refractivity contribution >= 4 is 44.8 Å². The van der Waals surface area contributed by atoms with Crippen molar-refractivity contribution < 1.29 is 13.2 Å². The number of halogens is 2. The number of carbonyl (C=O) groups excluding carboxylic acids is 1. The molecule has 1 aliphatic rings. The Morgan fingerprint density at radius 3 is 2.55 bits per heavy atom. The summed E-state index contributed by atoms with van der Waals surface area (Å²) in [5, 5.41) is 5.80. The maximum Gasteiger partial charge on any atom is 0.227 e. The fourth-order valence-corrected chi connectivity index (χ4v) is 3.64. The van der Waals surface area contributed by atoms with Gasteiger partial charge in [0.25, 0.3) is 0 Å². The topological polar surface area (TPSA) is 80.5 Å². The lowest BCUT2D eigenvalue weighted by atomic mass is 10.1. The molecule has 1 amide bonds. The zero-order valence-electron chi connectivity index (χ0n) is 10.8. The molecule has 1 aliphatic heterocycles. The van der Waals surface area contributed by atoms with Gasteiger partial charge in [0.1, 0.15) is 0 Å². The Hall–Kier alpha value is -0.820. The average molecular weight is 337 g/mol. The van der Waals surface area contributed by atoms with Gasteiger partial charge in [-0.1, -0.05) is 23.2 Å². The molecule has 1 unspecified atom stereocenters. The molecule has 20 heavy (non-hydrogen) atoms. The summed E-state index contributed by atoms with van der Waals surface area (Å²) in [6.07, 6.45) is 0.163. The van der Waals surface area contributed by atoms with Crippen molar-refractivity contribution in [3.05, 3.63) is 27.7 Å².